The molecule has 0 spiro atoms. The number of carbonyl (C=O) groups is 6. The average Bonchev–Trinajstić information content (AvgIpc) is 2.68. The third-order valence-corrected chi connectivity index (χ3v) is 4.68. The minimum Gasteiger partial charge on any atom is -0.480 e. The van der Waals surface area contributed by atoms with Gasteiger partial charge in [-0.1, -0.05) is 20.3 Å². The molecular weight excluding hydrogens is 428 g/mol. The van der Waals surface area contributed by atoms with Gasteiger partial charge in [-0.3, -0.25) is 24.0 Å². The molecule has 5 amide bonds. The molecule has 0 saturated carbocycles. The van der Waals surface area contributed by atoms with Gasteiger partial charge < -0.3 is 43.4 Å². The quantitative estimate of drug-likeness (QED) is 0.125. The predicted octanol–water partition coefficient (Wildman–Crippen LogP) is -3.97. The van der Waals surface area contributed by atoms with Gasteiger partial charge in [-0.15, -0.1) is 0 Å². The highest BCUT2D eigenvalue weighted by Crippen LogP contribution is 2.09. The van der Waals surface area contributed by atoms with Crippen molar-refractivity contribution in [2.45, 2.75) is 70.3 Å². The van der Waals surface area contributed by atoms with E-state index >= 15 is 0 Å². The first-order chi connectivity index (χ1) is 14.7. The fourth-order valence-corrected chi connectivity index (χ4v) is 2.52. The van der Waals surface area contributed by atoms with Gasteiger partial charge in [0.05, 0.1) is 18.9 Å². The van der Waals surface area contributed by atoms with E-state index < -0.39 is 84.5 Å². The number of aliphatic carboxylic acids is 1. The largest absolute Gasteiger partial charge is 0.480 e. The summed E-state index contributed by atoms with van der Waals surface area (Å²) >= 11 is 0. The lowest BCUT2D eigenvalue weighted by molar-refractivity contribution is -0.144. The number of nitrogens with two attached hydrogens (primary N) is 3. The van der Waals surface area contributed by atoms with E-state index in [1.807, 2.05) is 0 Å². The molecule has 0 aliphatic heterocycles. The molecule has 0 aromatic heterocycles. The smallest absolute Gasteiger partial charge is 0.326 e. The second-order valence-corrected chi connectivity index (χ2v) is 7.44. The van der Waals surface area contributed by atoms with Crippen LogP contribution >= 0.6 is 0 Å². The van der Waals surface area contributed by atoms with Crippen molar-refractivity contribution in [3.8, 4) is 0 Å². The van der Waals surface area contributed by atoms with Crippen molar-refractivity contribution in [3.63, 3.8) is 0 Å². The number of hydrogen-bond acceptors (Lipinski definition) is 8. The first-order valence-electron chi connectivity index (χ1n) is 9.85. The molecule has 14 nitrogen and oxygen atoms in total. The zero-order valence-corrected chi connectivity index (χ0v) is 18.2. The van der Waals surface area contributed by atoms with Crippen molar-refractivity contribution >= 4 is 35.5 Å². The van der Waals surface area contributed by atoms with Crippen molar-refractivity contribution in [3.05, 3.63) is 0 Å². The van der Waals surface area contributed by atoms with Crippen LogP contribution in [0.25, 0.3) is 0 Å². The summed E-state index contributed by atoms with van der Waals surface area (Å²) in [4.78, 5) is 71.4. The van der Waals surface area contributed by atoms with Gasteiger partial charge in [0.15, 0.2) is 0 Å². The molecule has 0 aromatic carbocycles. The Hall–Kier alpha value is -3.26. The fraction of sp³-hybridized carbons (Fsp3) is 0.667. The highest BCUT2D eigenvalue weighted by molar-refractivity contribution is 5.97. The first kappa shape index (κ1) is 28.7. The summed E-state index contributed by atoms with van der Waals surface area (Å²) in [6, 6.07) is -5.90. The lowest BCUT2D eigenvalue weighted by Crippen LogP contribution is -2.59. The summed E-state index contributed by atoms with van der Waals surface area (Å²) in [5.41, 5.74) is 15.7. The molecule has 0 bridgehead atoms. The molecule has 0 aliphatic rings. The van der Waals surface area contributed by atoms with Crippen LogP contribution in [0.15, 0.2) is 0 Å². The number of carboxylic acid groups (broad SMARTS) is 1. The number of carbonyl (C=O) groups excluding carboxylic acids is 5. The summed E-state index contributed by atoms with van der Waals surface area (Å²) in [5.74, 6) is -6.79. The number of carboxylic acids is 1. The zero-order valence-electron chi connectivity index (χ0n) is 18.2. The van der Waals surface area contributed by atoms with Crippen LogP contribution in [-0.2, 0) is 28.8 Å². The molecule has 0 saturated heterocycles. The molecule has 0 aliphatic carbocycles. The van der Waals surface area contributed by atoms with Crippen LogP contribution in [-0.4, -0.2) is 76.0 Å². The number of rotatable bonds is 14. The van der Waals surface area contributed by atoms with E-state index in [1.54, 1.807) is 13.8 Å². The van der Waals surface area contributed by atoms with Crippen LogP contribution < -0.4 is 33.2 Å². The summed E-state index contributed by atoms with van der Waals surface area (Å²) in [7, 11) is 0. The lowest BCUT2D eigenvalue weighted by Gasteiger charge is -2.26. The Labute approximate surface area is 184 Å². The molecular formula is C18H32N6O8. The van der Waals surface area contributed by atoms with Crippen molar-refractivity contribution in [2.75, 3.05) is 0 Å². The Balaban J connectivity index is 5.61. The summed E-state index contributed by atoms with van der Waals surface area (Å²) < 4.78 is 0. The fourth-order valence-electron chi connectivity index (χ4n) is 2.52. The van der Waals surface area contributed by atoms with E-state index in [0.29, 0.717) is 6.42 Å². The van der Waals surface area contributed by atoms with Gasteiger partial charge in [0.2, 0.25) is 29.5 Å². The normalized spacial score (nSPS) is 16.4. The van der Waals surface area contributed by atoms with Crippen LogP contribution in [0, 0.1) is 5.92 Å². The van der Waals surface area contributed by atoms with Crippen LogP contribution in [0.1, 0.15) is 40.0 Å². The average molecular weight is 460 g/mol. The predicted molar refractivity (Wildman–Crippen MR) is 110 cm³/mol. The molecule has 0 heterocycles. The van der Waals surface area contributed by atoms with Gasteiger partial charge >= 0.3 is 5.97 Å². The second-order valence-electron chi connectivity index (χ2n) is 7.44. The van der Waals surface area contributed by atoms with Crippen LogP contribution in [0.3, 0.4) is 0 Å². The summed E-state index contributed by atoms with van der Waals surface area (Å²) in [5, 5.41) is 25.3. The standard InChI is InChI=1S/C18H32N6O8/c1-4-7(2)14(18(31)32)24-16(29)10(6-12(20)27)22-15(28)9(5-11(19)26)23-17(30)13(21)8(3)25/h7-10,13-14,25H,4-6,21H2,1-3H3,(H2,19,26)(H2,20,27)(H,22,28)(H,23,30)(H,24,29)(H,31,32). The van der Waals surface area contributed by atoms with Gasteiger partial charge in [0.25, 0.3) is 0 Å². The topological polar surface area (TPSA) is 257 Å². The van der Waals surface area contributed by atoms with E-state index in [1.165, 1.54) is 6.92 Å². The van der Waals surface area contributed by atoms with Crippen LogP contribution in [0.2, 0.25) is 0 Å². The molecule has 6 unspecified atom stereocenters. The maximum absolute atomic E-state index is 12.6. The molecule has 32 heavy (non-hydrogen) atoms. The molecule has 0 fully saturated rings. The van der Waals surface area contributed by atoms with Crippen molar-refractivity contribution < 1.29 is 39.0 Å². The van der Waals surface area contributed by atoms with E-state index in [2.05, 4.69) is 16.0 Å². The van der Waals surface area contributed by atoms with Crippen LogP contribution in [0.5, 0.6) is 0 Å². The van der Waals surface area contributed by atoms with Gasteiger partial charge in [-0.05, 0) is 12.8 Å². The third-order valence-electron chi connectivity index (χ3n) is 4.68. The number of aliphatic hydroxyl groups is 1. The Bertz CT molecular complexity index is 728. The number of nitrogens with one attached hydrogen (secondary N) is 3. The molecule has 14 heteroatoms. The van der Waals surface area contributed by atoms with Gasteiger partial charge in [-0.25, -0.2) is 4.79 Å². The monoisotopic (exact) mass is 460 g/mol. The van der Waals surface area contributed by atoms with E-state index in [0.717, 1.165) is 0 Å². The lowest BCUT2D eigenvalue weighted by atomic mass is 9.98. The second kappa shape index (κ2) is 13.2. The zero-order chi connectivity index (χ0) is 25.2. The highest BCUT2D eigenvalue weighted by Gasteiger charge is 2.33. The number of hydrogen-bond donors (Lipinski definition) is 8. The maximum Gasteiger partial charge on any atom is 0.326 e. The number of aliphatic hydroxyl groups excluding tert-OH is 1. The SMILES string of the molecule is CCC(C)C(NC(=O)C(CC(N)=O)NC(=O)C(CC(N)=O)NC(=O)C(N)C(C)O)C(=O)O. The summed E-state index contributed by atoms with van der Waals surface area (Å²) in [6.45, 7) is 4.53. The molecule has 11 N–H and O–H groups in total. The van der Waals surface area contributed by atoms with E-state index in [-0.39, 0.29) is 0 Å². The Morgan fingerprint density at radius 2 is 1.22 bits per heavy atom. The van der Waals surface area contributed by atoms with Gasteiger partial charge in [-0.2, -0.15) is 0 Å². The molecule has 0 aromatic rings. The van der Waals surface area contributed by atoms with Crippen molar-refractivity contribution in [1.82, 2.24) is 16.0 Å². The van der Waals surface area contributed by atoms with E-state index in [4.69, 9.17) is 17.2 Å². The van der Waals surface area contributed by atoms with Gasteiger partial charge in [0, 0.05) is 0 Å². The molecule has 182 valence electrons. The third kappa shape index (κ3) is 9.70. The van der Waals surface area contributed by atoms with Crippen molar-refractivity contribution in [2.24, 2.45) is 23.1 Å². The summed E-state index contributed by atoms with van der Waals surface area (Å²) in [6.07, 6.45) is -2.22. The minimum absolute atomic E-state index is 0.417. The Morgan fingerprint density at radius 1 is 0.812 bits per heavy atom. The van der Waals surface area contributed by atoms with Crippen LogP contribution in [0.4, 0.5) is 0 Å². The minimum atomic E-state index is -1.59. The molecule has 6 atom stereocenters. The highest BCUT2D eigenvalue weighted by atomic mass is 16.4. The van der Waals surface area contributed by atoms with E-state index in [9.17, 15) is 39.0 Å². The molecule has 0 rings (SSSR count). The first-order valence-corrected chi connectivity index (χ1v) is 9.85. The Kier molecular flexibility index (Phi) is 11.9. The maximum atomic E-state index is 12.6. The van der Waals surface area contributed by atoms with Gasteiger partial charge in [0.1, 0.15) is 24.2 Å². The number of primary amides is 2. The molecule has 0 radical (unpaired) electrons. The Morgan fingerprint density at radius 3 is 1.56 bits per heavy atom. The van der Waals surface area contributed by atoms with Crippen molar-refractivity contribution in [1.29, 1.82) is 0 Å². The number of amides is 5.